The van der Waals surface area contributed by atoms with E-state index in [0.717, 1.165) is 143 Å². The van der Waals surface area contributed by atoms with Crippen LogP contribution in [0.3, 0.4) is 0 Å². The number of hydrogen-bond donors (Lipinski definition) is 4. The molecular formula is C73H69BBr5IN8O5. The van der Waals surface area contributed by atoms with Gasteiger partial charge in [-0.2, -0.15) is 0 Å². The van der Waals surface area contributed by atoms with Crippen LogP contribution in [0.1, 0.15) is 33.0 Å². The maximum Gasteiger partial charge on any atom is 0.277 e. The van der Waals surface area contributed by atoms with Crippen LogP contribution in [0.2, 0.25) is 0 Å². The van der Waals surface area contributed by atoms with Crippen LogP contribution in [0.4, 0.5) is 11.4 Å². The lowest BCUT2D eigenvalue weighted by Crippen LogP contribution is -2.35. The summed E-state index contributed by atoms with van der Waals surface area (Å²) in [5, 5.41) is 25.2. The van der Waals surface area contributed by atoms with Gasteiger partial charge >= 0.3 is 0 Å². The monoisotopic (exact) mass is 1670 g/mol. The zero-order valence-electron chi connectivity index (χ0n) is 51.2. The summed E-state index contributed by atoms with van der Waals surface area (Å²) in [6.07, 6.45) is 7.89. The summed E-state index contributed by atoms with van der Waals surface area (Å²) in [7, 11) is 3.50. The lowest BCUT2D eigenvalue weighted by Gasteiger charge is -2.26. The second-order valence-electron chi connectivity index (χ2n) is 20.9. The predicted octanol–water partition coefficient (Wildman–Crippen LogP) is 18.1. The standard InChI is InChI=1S/C20H21N3O.C11H9Br.C11H10O.C10H13BrN2O.C10H8BrN.C6H4BrNO.C5H3BrIN.BHO/c21-20-8-7-17(18-3-1-2-4-19(18)20)15-5-6-16(22-13-15)14-23-9-11-24-12-10-23;2*1-8-6-7-11(12)10-5-3-2-4-9(8)10;11-9-1-2-10(12-7-9)8-13-3-5-14-6-4-13;11-9-5-6-10(12)8-4-2-1-3-7(8)9;7-5-1-2-6(4-9)8-3-5;6-4-1-2-5(7)8-3-4;1-2/h1-8,13H,9-12,14,21H2;2-7H,1H3;2-7,12H,1H3;1-2,7H,3-6,8H2;1-6H,12H2;1-4H;1-3H;2H. The molecule has 0 unspecified atom stereocenters. The lowest BCUT2D eigenvalue weighted by molar-refractivity contribution is 0.0336. The van der Waals surface area contributed by atoms with Gasteiger partial charge in [0.15, 0.2) is 6.29 Å². The number of fused-ring (bicyclic) bond motifs is 4. The topological polar surface area (TPSA) is 186 Å². The van der Waals surface area contributed by atoms with E-state index in [0.29, 0.717) is 17.7 Å². The molecule has 4 aromatic heterocycles. The van der Waals surface area contributed by atoms with Crippen molar-refractivity contribution in [2.75, 3.05) is 64.1 Å². The van der Waals surface area contributed by atoms with Crippen molar-refractivity contribution in [3.8, 4) is 16.9 Å². The Labute approximate surface area is 600 Å². The van der Waals surface area contributed by atoms with Crippen LogP contribution in [0.15, 0.2) is 241 Å². The van der Waals surface area contributed by atoms with Gasteiger partial charge in [0.05, 0.1) is 37.8 Å². The molecule has 476 valence electrons. The Morgan fingerprint density at radius 1 is 0.462 bits per heavy atom. The number of carbonyl (C=O) groups is 1. The number of aldehydes is 1. The normalized spacial score (nSPS) is 12.6. The molecule has 2 aliphatic rings. The second-order valence-corrected chi connectivity index (χ2v) is 26.4. The van der Waals surface area contributed by atoms with Crippen molar-refractivity contribution in [2.45, 2.75) is 26.9 Å². The Hall–Kier alpha value is -6.54. The summed E-state index contributed by atoms with van der Waals surface area (Å²) in [5.74, 6) is 0.358. The van der Waals surface area contributed by atoms with Gasteiger partial charge in [0.2, 0.25) is 0 Å². The first-order valence-corrected chi connectivity index (χ1v) is 34.4. The van der Waals surface area contributed by atoms with E-state index in [2.05, 4.69) is 226 Å². The van der Waals surface area contributed by atoms with Crippen LogP contribution in [-0.4, -0.2) is 107 Å². The highest BCUT2D eigenvalue weighted by Gasteiger charge is 2.14. The molecule has 0 amide bonds. The molecule has 93 heavy (non-hydrogen) atoms. The van der Waals surface area contributed by atoms with E-state index >= 15 is 0 Å². The number of aromatic nitrogens is 4. The Morgan fingerprint density at radius 2 is 0.871 bits per heavy atom. The molecule has 13 nitrogen and oxygen atoms in total. The number of phenolic OH excluding ortho intramolecular Hbond substituents is 1. The molecule has 2 radical (unpaired) electrons. The molecule has 20 heteroatoms. The van der Waals surface area contributed by atoms with Crippen LogP contribution in [0, 0.1) is 17.5 Å². The summed E-state index contributed by atoms with van der Waals surface area (Å²) < 4.78 is 16.9. The van der Waals surface area contributed by atoms with Crippen LogP contribution in [-0.2, 0) is 22.6 Å². The van der Waals surface area contributed by atoms with Gasteiger partial charge in [-0.1, -0.05) is 153 Å². The van der Waals surface area contributed by atoms with Crippen LogP contribution >= 0.6 is 102 Å². The largest absolute Gasteiger partial charge is 0.507 e. The third kappa shape index (κ3) is 23.4. The highest BCUT2D eigenvalue weighted by molar-refractivity contribution is 14.1. The molecule has 2 aliphatic heterocycles. The lowest BCUT2D eigenvalue weighted by atomic mass is 9.98. The first kappa shape index (κ1) is 73.9. The van der Waals surface area contributed by atoms with Gasteiger partial charge < -0.3 is 31.1 Å². The molecule has 0 saturated carbocycles. The number of rotatable bonds is 6. The average molecular weight is 1680 g/mol. The van der Waals surface area contributed by atoms with Crippen molar-refractivity contribution in [3.05, 3.63) is 273 Å². The zero-order valence-corrected chi connectivity index (χ0v) is 61.3. The van der Waals surface area contributed by atoms with Crippen molar-refractivity contribution < 1.29 is 24.4 Å². The minimum atomic E-state index is 0.358. The maximum atomic E-state index is 10.0. The minimum absolute atomic E-state index is 0.358. The van der Waals surface area contributed by atoms with E-state index in [1.54, 1.807) is 30.6 Å². The number of carbonyl (C=O) groups excluding carboxylic acids is 1. The zero-order chi connectivity index (χ0) is 66.5. The summed E-state index contributed by atoms with van der Waals surface area (Å²) >= 11 is 19.0. The molecule has 14 rings (SSSR count). The Kier molecular flexibility index (Phi) is 31.3. The fraction of sp³-hybridized carbons (Fsp3) is 0.164. The summed E-state index contributed by atoms with van der Waals surface area (Å²) in [4.78, 5) is 31.6. The van der Waals surface area contributed by atoms with Crippen molar-refractivity contribution in [1.82, 2.24) is 29.7 Å². The first-order chi connectivity index (χ1) is 45.1. The van der Waals surface area contributed by atoms with Gasteiger partial charge in [-0.05, 0) is 201 Å². The highest BCUT2D eigenvalue weighted by Crippen LogP contribution is 2.33. The number of nitrogen functional groups attached to an aromatic ring is 2. The number of ether oxygens (including phenoxy) is 2. The number of aryl methyl sites for hydroxylation is 2. The molecule has 0 spiro atoms. The fourth-order valence-corrected chi connectivity index (χ4v) is 11.7. The average Bonchev–Trinajstić information content (AvgIpc) is 0.992. The van der Waals surface area contributed by atoms with Crippen molar-refractivity contribution >= 4 is 171 Å². The van der Waals surface area contributed by atoms with E-state index < -0.39 is 0 Å². The molecule has 8 aromatic carbocycles. The van der Waals surface area contributed by atoms with Gasteiger partial charge in [0.1, 0.15) is 15.1 Å². The Morgan fingerprint density at radius 3 is 1.31 bits per heavy atom. The number of benzene rings is 8. The molecule has 0 atom stereocenters. The maximum absolute atomic E-state index is 10.0. The van der Waals surface area contributed by atoms with Crippen molar-refractivity contribution in [2.24, 2.45) is 0 Å². The van der Waals surface area contributed by atoms with Crippen molar-refractivity contribution in [3.63, 3.8) is 0 Å². The van der Waals surface area contributed by atoms with Crippen LogP contribution in [0.25, 0.3) is 54.2 Å². The number of phenols is 1. The number of hydrogen-bond acceptors (Lipinski definition) is 13. The number of morpholine rings is 2. The number of anilines is 2. The number of aromatic hydroxyl groups is 1. The molecule has 6 N–H and O–H groups in total. The van der Waals surface area contributed by atoms with E-state index in [1.165, 1.54) is 37.3 Å². The third-order valence-electron chi connectivity index (χ3n) is 14.5. The highest BCUT2D eigenvalue weighted by atomic mass is 127. The molecular weight excluding hydrogens is 1610 g/mol. The van der Waals surface area contributed by atoms with Crippen molar-refractivity contribution in [1.29, 1.82) is 0 Å². The second kappa shape index (κ2) is 39.4. The Balaban J connectivity index is 0.000000158. The van der Waals surface area contributed by atoms with Gasteiger partial charge in [0, 0.05) is 120 Å². The van der Waals surface area contributed by atoms with Gasteiger partial charge in [-0.25, -0.2) is 4.98 Å². The van der Waals surface area contributed by atoms with E-state index in [4.69, 9.17) is 26.0 Å². The van der Waals surface area contributed by atoms with E-state index in [9.17, 15) is 9.90 Å². The fourth-order valence-electron chi connectivity index (χ4n) is 9.68. The summed E-state index contributed by atoms with van der Waals surface area (Å²) in [6, 6.07) is 64.1. The van der Waals surface area contributed by atoms with E-state index in [-0.39, 0.29) is 0 Å². The quantitative estimate of drug-likeness (QED) is 0.0405. The number of nitrogens with two attached hydrogens (primary N) is 2. The van der Waals surface area contributed by atoms with Gasteiger partial charge in [-0.3, -0.25) is 29.5 Å². The Bertz CT molecular complexity index is 3930. The van der Waals surface area contributed by atoms with Gasteiger partial charge in [-0.15, -0.1) is 0 Å². The predicted molar refractivity (Wildman–Crippen MR) is 408 cm³/mol. The summed E-state index contributed by atoms with van der Waals surface area (Å²) in [5.41, 5.74) is 21.0. The van der Waals surface area contributed by atoms with Crippen LogP contribution in [0.5, 0.6) is 5.75 Å². The molecule has 2 fully saturated rings. The smallest absolute Gasteiger partial charge is 0.277 e. The summed E-state index contributed by atoms with van der Waals surface area (Å²) in [6.45, 7) is 13.3. The van der Waals surface area contributed by atoms with Crippen LogP contribution < -0.4 is 11.5 Å². The molecule has 12 aromatic rings. The number of nitrogens with zero attached hydrogens (tertiary/aromatic N) is 6. The van der Waals surface area contributed by atoms with Gasteiger partial charge in [0.25, 0.3) is 8.05 Å². The molecule has 0 aliphatic carbocycles. The third-order valence-corrected chi connectivity index (χ3v) is 18.0. The first-order valence-electron chi connectivity index (χ1n) is 29.4. The molecule has 2 saturated heterocycles. The minimum Gasteiger partial charge on any atom is -0.507 e. The SMILES string of the molecule is Brc1ccc(CN2CCOCC2)nc1.Brc1ccc(I)nc1.Cc1ccc(Br)c2ccccc12.Cc1ccc(O)c2ccccc12.Nc1ccc(-c2ccc(CN3CCOCC3)nc2)c2ccccc12.Nc1ccc(Br)c2ccccc12.O=Cc1ccc(Br)cn1.[B]O. The molecule has 6 heterocycles. The van der Waals surface area contributed by atoms with E-state index in [1.807, 2.05) is 116 Å². The molecule has 0 bridgehead atoms. The number of pyridine rings is 4. The number of halogens is 6.